The molecule has 5 heterocycles. The van der Waals surface area contributed by atoms with Crippen LogP contribution in [0.15, 0.2) is 79.8 Å². The van der Waals surface area contributed by atoms with Gasteiger partial charge >= 0.3 is 0 Å². The summed E-state index contributed by atoms with van der Waals surface area (Å²) >= 11 is 0. The van der Waals surface area contributed by atoms with Gasteiger partial charge in [-0.1, -0.05) is 12.6 Å². The van der Waals surface area contributed by atoms with Gasteiger partial charge in [0.15, 0.2) is 17.3 Å². The highest BCUT2D eigenvalue weighted by molar-refractivity contribution is 5.87. The molecule has 1 saturated carbocycles. The zero-order valence-electron chi connectivity index (χ0n) is 24.6. The molecule has 2 fully saturated rings. The van der Waals surface area contributed by atoms with Crippen molar-refractivity contribution in [1.82, 2.24) is 39.5 Å². The fourth-order valence-electron chi connectivity index (χ4n) is 7.47. The molecule has 0 radical (unpaired) electrons. The lowest BCUT2D eigenvalue weighted by Crippen LogP contribution is -2.60. The summed E-state index contributed by atoms with van der Waals surface area (Å²) in [7, 11) is 0. The molecule has 10 heteroatoms. The van der Waals surface area contributed by atoms with Crippen LogP contribution in [0.5, 0.6) is 0 Å². The average molecular weight is 586 g/mol. The van der Waals surface area contributed by atoms with E-state index in [1.165, 1.54) is 30.0 Å². The molecule has 1 amide bonds. The lowest BCUT2D eigenvalue weighted by Gasteiger charge is -2.53. The molecule has 1 aromatic carbocycles. The number of nitrogens with two attached hydrogens (primary N) is 1. The minimum atomic E-state index is 0.0617. The van der Waals surface area contributed by atoms with E-state index in [4.69, 9.17) is 15.7 Å². The van der Waals surface area contributed by atoms with Crippen LogP contribution >= 0.6 is 0 Å². The number of nitrogen functional groups attached to an aromatic ring is 1. The summed E-state index contributed by atoms with van der Waals surface area (Å²) < 4.78 is 3.85. The second-order valence-corrected chi connectivity index (χ2v) is 12.5. The number of pyridine rings is 2. The number of carbonyl (C=O) groups excluding carboxylic acids is 1. The van der Waals surface area contributed by atoms with Gasteiger partial charge in [0.25, 0.3) is 0 Å². The maximum absolute atomic E-state index is 11.9. The molecule has 0 bridgehead atoms. The molecule has 1 spiro atoms. The average Bonchev–Trinajstić information content (AvgIpc) is 3.79. The number of anilines is 1. The largest absolute Gasteiger partial charge is 0.383 e. The lowest BCUT2D eigenvalue weighted by molar-refractivity contribution is -0.140. The van der Waals surface area contributed by atoms with E-state index in [1.54, 1.807) is 17.1 Å². The molecule has 8 rings (SSSR count). The number of imidazole rings is 1. The van der Waals surface area contributed by atoms with Crippen LogP contribution in [0, 0.1) is 5.41 Å². The summed E-state index contributed by atoms with van der Waals surface area (Å²) in [6, 6.07) is 17.2. The van der Waals surface area contributed by atoms with Crippen molar-refractivity contribution >= 4 is 22.9 Å². The molecule has 44 heavy (non-hydrogen) atoms. The quantitative estimate of drug-likeness (QED) is 0.275. The van der Waals surface area contributed by atoms with E-state index in [2.05, 4.69) is 44.7 Å². The van der Waals surface area contributed by atoms with E-state index in [-0.39, 0.29) is 5.91 Å². The number of amides is 1. The van der Waals surface area contributed by atoms with Gasteiger partial charge in [-0.05, 0) is 98.2 Å². The Kier molecular flexibility index (Phi) is 6.33. The van der Waals surface area contributed by atoms with E-state index < -0.39 is 0 Å². The summed E-state index contributed by atoms with van der Waals surface area (Å²) in [5.41, 5.74) is 12.7. The Bertz CT molecular complexity index is 1880. The predicted octanol–water partition coefficient (Wildman–Crippen LogP) is 4.78. The van der Waals surface area contributed by atoms with Crippen LogP contribution in [-0.2, 0) is 11.2 Å². The molecule has 10 nitrogen and oxygen atoms in total. The zero-order chi connectivity index (χ0) is 29.8. The van der Waals surface area contributed by atoms with Gasteiger partial charge in [-0.25, -0.2) is 19.6 Å². The Hall–Kier alpha value is -4.83. The number of fused-ring (bicyclic) bond motifs is 2. The zero-order valence-corrected chi connectivity index (χ0v) is 24.6. The fraction of sp³-hybridized carbons (Fsp3) is 0.324. The first-order valence-corrected chi connectivity index (χ1v) is 15.4. The van der Waals surface area contributed by atoms with Crippen molar-refractivity contribution in [2.45, 2.75) is 50.6 Å². The van der Waals surface area contributed by atoms with Crippen molar-refractivity contribution in [3.8, 4) is 22.9 Å². The van der Waals surface area contributed by atoms with Crippen LogP contribution in [0.2, 0.25) is 0 Å². The molecule has 222 valence electrons. The molecule has 2 aliphatic carbocycles. The highest BCUT2D eigenvalue weighted by atomic mass is 16.2. The topological polar surface area (TPSA) is 120 Å². The van der Waals surface area contributed by atoms with Crippen LogP contribution < -0.4 is 11.1 Å². The number of hydrogen-bond acceptors (Lipinski definition) is 7. The predicted molar refractivity (Wildman–Crippen MR) is 169 cm³/mol. The maximum atomic E-state index is 11.9. The third-order valence-corrected chi connectivity index (χ3v) is 9.79. The number of nitrogens with zero attached hydrogens (tertiary/aromatic N) is 7. The van der Waals surface area contributed by atoms with Gasteiger partial charge in [-0.3, -0.25) is 9.36 Å². The first-order valence-electron chi connectivity index (χ1n) is 15.4. The van der Waals surface area contributed by atoms with Crippen molar-refractivity contribution in [1.29, 1.82) is 0 Å². The molecule has 1 atom stereocenters. The van der Waals surface area contributed by atoms with Crippen molar-refractivity contribution < 1.29 is 4.79 Å². The molecule has 3 N–H and O–H groups in total. The summed E-state index contributed by atoms with van der Waals surface area (Å²) in [4.78, 5) is 28.2. The normalized spacial score (nSPS) is 19.3. The molecule has 1 aliphatic heterocycles. The number of likely N-dealkylation sites (tertiary alicyclic amines) is 1. The molecule has 3 aliphatic rings. The highest BCUT2D eigenvalue weighted by Crippen LogP contribution is 2.45. The summed E-state index contributed by atoms with van der Waals surface area (Å²) in [5.74, 6) is 1.92. The van der Waals surface area contributed by atoms with E-state index >= 15 is 0 Å². The Morgan fingerprint density at radius 2 is 1.91 bits per heavy atom. The van der Waals surface area contributed by atoms with Crippen LogP contribution in [0.4, 0.5) is 5.82 Å². The van der Waals surface area contributed by atoms with Crippen molar-refractivity contribution in [3.63, 3.8) is 0 Å². The second-order valence-electron chi connectivity index (χ2n) is 12.5. The lowest BCUT2D eigenvalue weighted by atomic mass is 9.67. The van der Waals surface area contributed by atoms with Gasteiger partial charge in [-0.2, -0.15) is 5.10 Å². The second kappa shape index (κ2) is 10.4. The van der Waals surface area contributed by atoms with Gasteiger partial charge in [0.1, 0.15) is 11.3 Å². The Morgan fingerprint density at radius 3 is 2.68 bits per heavy atom. The molecule has 4 aromatic heterocycles. The minimum Gasteiger partial charge on any atom is -0.383 e. The van der Waals surface area contributed by atoms with E-state index in [9.17, 15) is 4.79 Å². The Morgan fingerprint density at radius 1 is 1.05 bits per heavy atom. The Labute approximate surface area is 255 Å². The van der Waals surface area contributed by atoms with Crippen LogP contribution in [-0.4, -0.2) is 59.2 Å². The number of carbonyl (C=O) groups is 1. The van der Waals surface area contributed by atoms with Gasteiger partial charge in [0, 0.05) is 54.9 Å². The van der Waals surface area contributed by atoms with E-state index in [1.807, 2.05) is 41.4 Å². The Balaban J connectivity index is 1.07. The number of benzene rings is 1. The monoisotopic (exact) mass is 585 g/mol. The van der Waals surface area contributed by atoms with Gasteiger partial charge in [0.05, 0.1) is 5.56 Å². The minimum absolute atomic E-state index is 0.0617. The first kappa shape index (κ1) is 26.8. The third kappa shape index (κ3) is 4.48. The number of aromatic nitrogens is 6. The summed E-state index contributed by atoms with van der Waals surface area (Å²) in [5, 5.41) is 8.37. The third-order valence-electron chi connectivity index (χ3n) is 9.79. The van der Waals surface area contributed by atoms with Crippen molar-refractivity contribution in [2.75, 3.05) is 18.8 Å². The fourth-order valence-corrected chi connectivity index (χ4v) is 7.47. The molecule has 0 unspecified atom stereocenters. The van der Waals surface area contributed by atoms with Gasteiger partial charge in [0.2, 0.25) is 5.91 Å². The summed E-state index contributed by atoms with van der Waals surface area (Å²) in [6.45, 7) is 5.40. The van der Waals surface area contributed by atoms with E-state index in [0.717, 1.165) is 67.0 Å². The van der Waals surface area contributed by atoms with Crippen LogP contribution in [0.3, 0.4) is 0 Å². The first-order chi connectivity index (χ1) is 21.5. The SMILES string of the molecule is C=CC(=O)N1CC2(CCC(N[C@H]3CCc4cc(-n5c(-c6cccnc6N)nc6ccc(-n7cccn7)nc65)ccc43)CC2)C1. The van der Waals surface area contributed by atoms with Gasteiger partial charge < -0.3 is 16.0 Å². The number of aryl methyl sites for hydroxylation is 1. The number of nitrogens with one attached hydrogen (secondary N) is 1. The van der Waals surface area contributed by atoms with Gasteiger partial charge in [-0.15, -0.1) is 0 Å². The molecule has 5 aromatic rings. The molecular weight excluding hydrogens is 550 g/mol. The maximum Gasteiger partial charge on any atom is 0.245 e. The van der Waals surface area contributed by atoms with Crippen molar-refractivity contribution in [3.05, 3.63) is 90.9 Å². The van der Waals surface area contributed by atoms with Crippen molar-refractivity contribution in [2.24, 2.45) is 5.41 Å². The highest BCUT2D eigenvalue weighted by Gasteiger charge is 2.46. The molecular formula is C34H35N9O. The number of rotatable bonds is 6. The summed E-state index contributed by atoms with van der Waals surface area (Å²) in [6.07, 6.45) is 13.5. The standard InChI is InChI=1S/C34H35N9O/c1-2-30(44)41-20-34(21-41)14-12-23(13-15-34)38-27-9-6-22-19-24(7-8-25(22)27)43-32(26-5-3-16-36-31(26)35)39-28-10-11-29(40-33(28)43)42-18-4-17-37-42/h2-5,7-8,10-11,16-19,23,27,38H,1,6,9,12-15,20-21H2,(H2,35,36)/t27-/m0/s1. The van der Waals surface area contributed by atoms with E-state index in [0.29, 0.717) is 29.1 Å². The molecule has 1 saturated heterocycles. The number of hydrogen-bond donors (Lipinski definition) is 2. The smallest absolute Gasteiger partial charge is 0.245 e. The van der Waals surface area contributed by atoms with Crippen LogP contribution in [0.25, 0.3) is 34.1 Å². The van der Waals surface area contributed by atoms with Crippen LogP contribution in [0.1, 0.15) is 49.3 Å².